The van der Waals surface area contributed by atoms with Crippen molar-refractivity contribution in [1.82, 2.24) is 5.32 Å². The third-order valence-electron chi connectivity index (χ3n) is 2.58. The molecule has 2 radical (unpaired) electrons. The fourth-order valence-electron chi connectivity index (χ4n) is 1.78. The van der Waals surface area contributed by atoms with Crippen LogP contribution in [0.4, 0.5) is 13.6 Å². The second-order valence-corrected chi connectivity index (χ2v) is 4.19. The molecule has 0 aliphatic carbocycles. The third-order valence-corrected chi connectivity index (χ3v) is 2.58. The molecule has 0 heterocycles. The van der Waals surface area contributed by atoms with Crippen molar-refractivity contribution in [3.63, 3.8) is 0 Å². The summed E-state index contributed by atoms with van der Waals surface area (Å²) in [6.45, 7) is 3.47. The van der Waals surface area contributed by atoms with E-state index in [9.17, 15) is 18.7 Å². The topological polar surface area (TPSA) is 49.3 Å². The van der Waals surface area contributed by atoms with E-state index in [-0.39, 0.29) is 12.8 Å². The molecule has 0 fully saturated rings. The van der Waals surface area contributed by atoms with E-state index in [2.05, 4.69) is 11.9 Å². The molecular weight excluding hydrogens is 251 g/mol. The highest BCUT2D eigenvalue weighted by molar-refractivity contribution is 6.57. The van der Waals surface area contributed by atoms with E-state index in [0.29, 0.717) is 5.56 Å². The van der Waals surface area contributed by atoms with Gasteiger partial charge in [-0.2, -0.15) is 0 Å². The van der Waals surface area contributed by atoms with Crippen molar-refractivity contribution in [2.45, 2.75) is 25.0 Å². The van der Waals surface area contributed by atoms with Gasteiger partial charge < -0.3 is 10.4 Å². The van der Waals surface area contributed by atoms with Crippen LogP contribution in [-0.4, -0.2) is 30.9 Å². The number of amides is 1. The molecule has 3 nitrogen and oxygen atoms in total. The Morgan fingerprint density at radius 1 is 1.42 bits per heavy atom. The molecule has 0 saturated heterocycles. The predicted octanol–water partition coefficient (Wildman–Crippen LogP) is 1.69. The first kappa shape index (κ1) is 15.4. The Balaban J connectivity index is 2.86. The van der Waals surface area contributed by atoms with Crippen molar-refractivity contribution in [2.75, 3.05) is 0 Å². The molecule has 0 spiro atoms. The molecule has 0 bridgehead atoms. The van der Waals surface area contributed by atoms with Gasteiger partial charge in [-0.1, -0.05) is 6.08 Å². The number of nitrogens with one attached hydrogen (secondary N) is 1. The molecule has 19 heavy (non-hydrogen) atoms. The molecule has 0 aliphatic heterocycles. The van der Waals surface area contributed by atoms with Crippen molar-refractivity contribution in [2.24, 2.45) is 0 Å². The largest absolute Gasteiger partial charge is 0.391 e. The number of rotatable bonds is 6. The van der Waals surface area contributed by atoms with E-state index in [4.69, 9.17) is 7.85 Å². The predicted molar refractivity (Wildman–Crippen MR) is 69.0 cm³/mol. The van der Waals surface area contributed by atoms with E-state index < -0.39 is 29.6 Å². The minimum absolute atomic E-state index is 0.0621. The quantitative estimate of drug-likeness (QED) is 0.607. The monoisotopic (exact) mass is 265 g/mol. The van der Waals surface area contributed by atoms with E-state index in [1.807, 2.05) is 0 Å². The van der Waals surface area contributed by atoms with Crippen LogP contribution in [0.5, 0.6) is 0 Å². The molecule has 1 amide bonds. The van der Waals surface area contributed by atoms with Crippen LogP contribution in [0.15, 0.2) is 30.9 Å². The van der Waals surface area contributed by atoms with E-state index in [1.54, 1.807) is 0 Å². The first-order valence-corrected chi connectivity index (χ1v) is 5.72. The highest BCUT2D eigenvalue weighted by Gasteiger charge is 2.19. The van der Waals surface area contributed by atoms with Crippen LogP contribution in [0.1, 0.15) is 12.0 Å². The zero-order valence-corrected chi connectivity index (χ0v) is 10.3. The fourth-order valence-corrected chi connectivity index (χ4v) is 1.78. The molecule has 2 atom stereocenters. The minimum atomic E-state index is -0.934. The number of hydrogen-bond donors (Lipinski definition) is 2. The summed E-state index contributed by atoms with van der Waals surface area (Å²) < 4.78 is 26.1. The number of halogens is 2. The lowest BCUT2D eigenvalue weighted by atomic mass is 9.97. The van der Waals surface area contributed by atoms with Gasteiger partial charge in [0.1, 0.15) is 11.6 Å². The number of aliphatic hydroxyl groups is 1. The van der Waals surface area contributed by atoms with Gasteiger partial charge >= 0.3 is 0 Å². The molecule has 2 N–H and O–H groups in total. The Labute approximate surface area is 111 Å². The van der Waals surface area contributed by atoms with Gasteiger partial charge in [-0.15, -0.1) is 6.58 Å². The maximum Gasteiger partial charge on any atom is 0.200 e. The van der Waals surface area contributed by atoms with Gasteiger partial charge in [0, 0.05) is 6.07 Å². The SMILES string of the molecule is [B]C(=O)N[C@@H](Cc1cc(F)cc(F)c1)[C@H](O)CC=C. The molecule has 0 unspecified atom stereocenters. The lowest BCUT2D eigenvalue weighted by Crippen LogP contribution is -2.44. The van der Waals surface area contributed by atoms with Gasteiger partial charge in [0.05, 0.1) is 12.1 Å². The maximum atomic E-state index is 13.1. The van der Waals surface area contributed by atoms with Crippen LogP contribution in [0.2, 0.25) is 0 Å². The molecular formula is C13H14BF2NO2. The first-order valence-electron chi connectivity index (χ1n) is 5.72. The average Bonchev–Trinajstić information content (AvgIpc) is 2.26. The van der Waals surface area contributed by atoms with Gasteiger partial charge in [-0.25, -0.2) is 8.78 Å². The van der Waals surface area contributed by atoms with Crippen LogP contribution in [0.25, 0.3) is 0 Å². The van der Waals surface area contributed by atoms with Crippen LogP contribution in [0.3, 0.4) is 0 Å². The molecule has 1 rings (SSSR count). The molecule has 0 saturated carbocycles. The zero-order chi connectivity index (χ0) is 14.4. The van der Waals surface area contributed by atoms with E-state index in [0.717, 1.165) is 18.2 Å². The van der Waals surface area contributed by atoms with Crippen molar-refractivity contribution < 1.29 is 18.7 Å². The van der Waals surface area contributed by atoms with Crippen molar-refractivity contribution in [3.05, 3.63) is 48.1 Å². The summed E-state index contributed by atoms with van der Waals surface area (Å²) in [4.78, 5) is 10.9. The Morgan fingerprint density at radius 3 is 2.47 bits per heavy atom. The Kier molecular flexibility index (Phi) is 5.70. The summed E-state index contributed by atoms with van der Waals surface area (Å²) in [5.41, 5.74) is 0.319. The molecule has 100 valence electrons. The van der Waals surface area contributed by atoms with Gasteiger partial charge in [0.15, 0.2) is 5.81 Å². The summed E-state index contributed by atoms with van der Waals surface area (Å²) in [6, 6.07) is 2.29. The van der Waals surface area contributed by atoms with E-state index in [1.165, 1.54) is 6.08 Å². The normalized spacial score (nSPS) is 13.6. The smallest absolute Gasteiger partial charge is 0.200 e. The Hall–Kier alpha value is -1.69. The number of hydrogen-bond acceptors (Lipinski definition) is 2. The van der Waals surface area contributed by atoms with Gasteiger partial charge in [0.25, 0.3) is 0 Å². The van der Waals surface area contributed by atoms with Crippen LogP contribution in [-0.2, 0) is 6.42 Å². The van der Waals surface area contributed by atoms with Crippen molar-refractivity contribution >= 4 is 13.7 Å². The number of carbonyl (C=O) groups excluding carboxylic acids is 1. The van der Waals surface area contributed by atoms with Crippen molar-refractivity contribution in [3.8, 4) is 0 Å². The molecule has 0 aromatic heterocycles. The first-order chi connectivity index (χ1) is 8.92. The standard InChI is InChI=1S/C13H14BF2NO2/c1-2-3-12(18)11(17-13(14)19)6-8-4-9(15)7-10(16)5-8/h2,4-5,7,11-12,18H,1,3,6H2,(H,17,19)/t11-,12+/m0/s1. The minimum Gasteiger partial charge on any atom is -0.391 e. The zero-order valence-electron chi connectivity index (χ0n) is 10.3. The molecule has 6 heteroatoms. The fraction of sp³-hybridized carbons (Fsp3) is 0.308. The van der Waals surface area contributed by atoms with Crippen molar-refractivity contribution in [1.29, 1.82) is 0 Å². The summed E-state index contributed by atoms with van der Waals surface area (Å²) in [6.07, 6.45) is 0.832. The maximum absolute atomic E-state index is 13.1. The van der Waals surface area contributed by atoms with Gasteiger partial charge in [-0.05, 0) is 30.5 Å². The Morgan fingerprint density at radius 2 is 2.00 bits per heavy atom. The third kappa shape index (κ3) is 5.22. The van der Waals surface area contributed by atoms with Gasteiger partial charge in [-0.3, -0.25) is 4.79 Å². The van der Waals surface area contributed by atoms with Crippen LogP contribution < -0.4 is 5.32 Å². The lowest BCUT2D eigenvalue weighted by molar-refractivity contribution is 0.134. The highest BCUT2D eigenvalue weighted by Crippen LogP contribution is 2.13. The number of carbonyl (C=O) groups is 1. The molecule has 0 aliphatic rings. The van der Waals surface area contributed by atoms with E-state index >= 15 is 0 Å². The second kappa shape index (κ2) is 7.04. The summed E-state index contributed by atoms with van der Waals surface area (Å²) in [5, 5.41) is 12.2. The Bertz CT molecular complexity index is 448. The van der Waals surface area contributed by atoms with Gasteiger partial charge in [0.2, 0.25) is 7.85 Å². The molecule has 1 aromatic rings. The average molecular weight is 265 g/mol. The highest BCUT2D eigenvalue weighted by atomic mass is 19.1. The summed E-state index contributed by atoms with van der Waals surface area (Å²) >= 11 is 0. The molecule has 1 aromatic carbocycles. The van der Waals surface area contributed by atoms with Crippen LogP contribution in [0, 0.1) is 11.6 Å². The second-order valence-electron chi connectivity index (χ2n) is 4.19. The summed E-state index contributed by atoms with van der Waals surface area (Å²) in [5.74, 6) is -2.25. The lowest BCUT2D eigenvalue weighted by Gasteiger charge is -2.23. The number of benzene rings is 1. The summed E-state index contributed by atoms with van der Waals surface area (Å²) in [7, 11) is 5.01. The van der Waals surface area contributed by atoms with Crippen LogP contribution >= 0.6 is 0 Å². The number of aliphatic hydroxyl groups excluding tert-OH is 1.